The Bertz CT molecular complexity index is 559. The van der Waals surface area contributed by atoms with Crippen LogP contribution in [-0.4, -0.2) is 46.5 Å². The molecule has 120 valence electrons. The highest BCUT2D eigenvalue weighted by Gasteiger charge is 2.15. The van der Waals surface area contributed by atoms with Crippen molar-refractivity contribution in [2.24, 2.45) is 0 Å². The lowest BCUT2D eigenvalue weighted by molar-refractivity contribution is 0.412. The van der Waals surface area contributed by atoms with Crippen LogP contribution < -0.4 is 10.0 Å². The van der Waals surface area contributed by atoms with Crippen LogP contribution in [0.1, 0.15) is 19.4 Å². The van der Waals surface area contributed by atoms with Crippen LogP contribution in [0.15, 0.2) is 23.1 Å². The van der Waals surface area contributed by atoms with E-state index in [9.17, 15) is 8.42 Å². The van der Waals surface area contributed by atoms with Gasteiger partial charge in [-0.3, -0.25) is 0 Å². The minimum absolute atomic E-state index is 0.194. The summed E-state index contributed by atoms with van der Waals surface area (Å²) in [6, 6.07) is 5.17. The van der Waals surface area contributed by atoms with Crippen molar-refractivity contribution in [2.45, 2.75) is 31.3 Å². The Labute approximate surface area is 132 Å². The van der Waals surface area contributed by atoms with Crippen molar-refractivity contribution in [3.8, 4) is 0 Å². The predicted molar refractivity (Wildman–Crippen MR) is 87.2 cm³/mol. The molecule has 0 bridgehead atoms. The standard InChI is InChI=1S/C14H24ClN3O2S/c1-11(2)16-10-12-5-6-13(9-14(12)15)21(19,20)17-7-8-18(3)4/h5-6,9,11,16-17H,7-8,10H2,1-4H3. The third-order valence-electron chi connectivity index (χ3n) is 2.89. The molecule has 0 amide bonds. The molecule has 0 unspecified atom stereocenters. The molecule has 0 radical (unpaired) electrons. The third kappa shape index (κ3) is 6.32. The highest BCUT2D eigenvalue weighted by atomic mass is 35.5. The van der Waals surface area contributed by atoms with Crippen molar-refractivity contribution in [1.82, 2.24) is 14.9 Å². The van der Waals surface area contributed by atoms with Gasteiger partial charge in [0.2, 0.25) is 10.0 Å². The number of halogens is 1. The summed E-state index contributed by atoms with van der Waals surface area (Å²) >= 11 is 6.16. The molecule has 1 aromatic carbocycles. The molecule has 0 atom stereocenters. The molecule has 0 aliphatic rings. The van der Waals surface area contributed by atoms with E-state index in [-0.39, 0.29) is 4.90 Å². The Morgan fingerprint density at radius 3 is 2.48 bits per heavy atom. The third-order valence-corrected chi connectivity index (χ3v) is 4.70. The molecule has 1 aromatic rings. The first kappa shape index (κ1) is 18.4. The number of hydrogen-bond donors (Lipinski definition) is 2. The summed E-state index contributed by atoms with van der Waals surface area (Å²) in [5.41, 5.74) is 0.887. The molecule has 21 heavy (non-hydrogen) atoms. The number of nitrogens with one attached hydrogen (secondary N) is 2. The lowest BCUT2D eigenvalue weighted by atomic mass is 10.2. The molecule has 0 saturated heterocycles. The normalized spacial score (nSPS) is 12.3. The summed E-state index contributed by atoms with van der Waals surface area (Å²) in [5.74, 6) is 0. The fourth-order valence-corrected chi connectivity index (χ4v) is 3.00. The van der Waals surface area contributed by atoms with E-state index < -0.39 is 10.0 Å². The molecule has 0 aromatic heterocycles. The second kappa shape index (κ2) is 8.10. The largest absolute Gasteiger partial charge is 0.310 e. The minimum Gasteiger partial charge on any atom is -0.310 e. The van der Waals surface area contributed by atoms with Gasteiger partial charge in [0.15, 0.2) is 0 Å². The second-order valence-corrected chi connectivity index (χ2v) is 7.66. The molecule has 5 nitrogen and oxygen atoms in total. The lowest BCUT2D eigenvalue weighted by Gasteiger charge is -2.13. The molecule has 2 N–H and O–H groups in total. The zero-order chi connectivity index (χ0) is 16.0. The Morgan fingerprint density at radius 1 is 1.29 bits per heavy atom. The molecular formula is C14H24ClN3O2S. The van der Waals surface area contributed by atoms with E-state index >= 15 is 0 Å². The maximum absolute atomic E-state index is 12.1. The quantitative estimate of drug-likeness (QED) is 0.760. The zero-order valence-corrected chi connectivity index (χ0v) is 14.6. The van der Waals surface area contributed by atoms with E-state index in [0.717, 1.165) is 5.56 Å². The maximum atomic E-state index is 12.1. The van der Waals surface area contributed by atoms with Crippen molar-refractivity contribution in [2.75, 3.05) is 27.2 Å². The van der Waals surface area contributed by atoms with Crippen LogP contribution >= 0.6 is 11.6 Å². The number of nitrogens with zero attached hydrogens (tertiary/aromatic N) is 1. The summed E-state index contributed by atoms with van der Waals surface area (Å²) in [7, 11) is 0.273. The second-order valence-electron chi connectivity index (χ2n) is 5.49. The maximum Gasteiger partial charge on any atom is 0.240 e. The van der Waals surface area contributed by atoms with Crippen molar-refractivity contribution < 1.29 is 8.42 Å². The van der Waals surface area contributed by atoms with Crippen molar-refractivity contribution in [1.29, 1.82) is 0 Å². The first-order chi connectivity index (χ1) is 9.72. The molecule has 0 saturated carbocycles. The van der Waals surface area contributed by atoms with Crippen LogP contribution in [0, 0.1) is 0 Å². The fraction of sp³-hybridized carbons (Fsp3) is 0.571. The highest BCUT2D eigenvalue weighted by molar-refractivity contribution is 7.89. The van der Waals surface area contributed by atoms with Crippen LogP contribution in [0.25, 0.3) is 0 Å². The molecule has 0 fully saturated rings. The van der Waals surface area contributed by atoms with E-state index in [0.29, 0.717) is 30.7 Å². The van der Waals surface area contributed by atoms with Crippen LogP contribution in [0.4, 0.5) is 0 Å². The number of benzene rings is 1. The zero-order valence-electron chi connectivity index (χ0n) is 13.0. The van der Waals surface area contributed by atoms with Gasteiger partial charge in [0, 0.05) is 30.7 Å². The molecular weight excluding hydrogens is 310 g/mol. The number of hydrogen-bond acceptors (Lipinski definition) is 4. The summed E-state index contributed by atoms with van der Waals surface area (Å²) in [5, 5.41) is 3.71. The highest BCUT2D eigenvalue weighted by Crippen LogP contribution is 2.20. The van der Waals surface area contributed by atoms with Crippen LogP contribution in [0.5, 0.6) is 0 Å². The summed E-state index contributed by atoms with van der Waals surface area (Å²) < 4.78 is 26.8. The first-order valence-electron chi connectivity index (χ1n) is 6.88. The van der Waals surface area contributed by atoms with Gasteiger partial charge >= 0.3 is 0 Å². The van der Waals surface area contributed by atoms with Gasteiger partial charge < -0.3 is 10.2 Å². The number of sulfonamides is 1. The average molecular weight is 334 g/mol. The van der Waals surface area contributed by atoms with E-state index in [1.807, 2.05) is 32.8 Å². The Hall–Kier alpha value is -0.660. The molecule has 0 heterocycles. The first-order valence-corrected chi connectivity index (χ1v) is 8.74. The molecule has 7 heteroatoms. The predicted octanol–water partition coefficient (Wildman–Crippen LogP) is 1.68. The molecule has 1 rings (SSSR count). The van der Waals surface area contributed by atoms with E-state index in [1.54, 1.807) is 12.1 Å². The fourth-order valence-electron chi connectivity index (χ4n) is 1.64. The monoisotopic (exact) mass is 333 g/mol. The molecule has 0 aliphatic carbocycles. The van der Waals surface area contributed by atoms with Crippen molar-refractivity contribution >= 4 is 21.6 Å². The molecule has 0 aliphatic heterocycles. The topological polar surface area (TPSA) is 61.4 Å². The Balaban J connectivity index is 2.77. The van der Waals surface area contributed by atoms with Crippen molar-refractivity contribution in [3.05, 3.63) is 28.8 Å². The minimum atomic E-state index is -3.51. The molecule has 0 spiro atoms. The van der Waals surface area contributed by atoms with Gasteiger partial charge in [-0.05, 0) is 31.8 Å². The van der Waals surface area contributed by atoms with Crippen molar-refractivity contribution in [3.63, 3.8) is 0 Å². The van der Waals surface area contributed by atoms with Gasteiger partial charge in [-0.1, -0.05) is 31.5 Å². The van der Waals surface area contributed by atoms with Crippen LogP contribution in [-0.2, 0) is 16.6 Å². The van der Waals surface area contributed by atoms with Gasteiger partial charge in [-0.25, -0.2) is 13.1 Å². The van der Waals surface area contributed by atoms with Gasteiger partial charge in [0.05, 0.1) is 4.90 Å². The summed E-state index contributed by atoms with van der Waals surface area (Å²) in [6.07, 6.45) is 0. The van der Waals surface area contributed by atoms with E-state index in [4.69, 9.17) is 11.6 Å². The van der Waals surface area contributed by atoms with Crippen LogP contribution in [0.2, 0.25) is 5.02 Å². The average Bonchev–Trinajstić information content (AvgIpc) is 2.36. The SMILES string of the molecule is CC(C)NCc1ccc(S(=O)(=O)NCCN(C)C)cc1Cl. The van der Waals surface area contributed by atoms with E-state index in [1.165, 1.54) is 6.07 Å². The van der Waals surface area contributed by atoms with Gasteiger partial charge in [0.25, 0.3) is 0 Å². The lowest BCUT2D eigenvalue weighted by Crippen LogP contribution is -2.31. The summed E-state index contributed by atoms with van der Waals surface area (Å²) in [6.45, 7) is 5.71. The smallest absolute Gasteiger partial charge is 0.240 e. The van der Waals surface area contributed by atoms with Gasteiger partial charge in [-0.15, -0.1) is 0 Å². The Morgan fingerprint density at radius 2 is 1.95 bits per heavy atom. The van der Waals surface area contributed by atoms with Gasteiger partial charge in [0.1, 0.15) is 0 Å². The van der Waals surface area contributed by atoms with Gasteiger partial charge in [-0.2, -0.15) is 0 Å². The number of rotatable bonds is 8. The Kier molecular flexibility index (Phi) is 7.09. The van der Waals surface area contributed by atoms with E-state index in [2.05, 4.69) is 10.0 Å². The summed E-state index contributed by atoms with van der Waals surface area (Å²) in [4.78, 5) is 2.11. The number of likely N-dealkylation sites (N-methyl/N-ethyl adjacent to an activating group) is 1. The van der Waals surface area contributed by atoms with Crippen LogP contribution in [0.3, 0.4) is 0 Å².